The molecule has 0 aromatic rings. The van der Waals surface area contributed by atoms with Gasteiger partial charge in [0.25, 0.3) is 0 Å². The minimum atomic E-state index is -1.43. The van der Waals surface area contributed by atoms with Crippen molar-refractivity contribution in [2.75, 3.05) is 13.7 Å². The van der Waals surface area contributed by atoms with Crippen LogP contribution in [0, 0.1) is 0 Å². The number of hydrogen-bond acceptors (Lipinski definition) is 4. The Balaban J connectivity index is 3.16. The van der Waals surface area contributed by atoms with Crippen LogP contribution in [-0.2, 0) is 4.74 Å². The van der Waals surface area contributed by atoms with E-state index >= 15 is 0 Å². The first-order valence-corrected chi connectivity index (χ1v) is 2.79. The van der Waals surface area contributed by atoms with Gasteiger partial charge < -0.3 is 20.7 Å². The van der Waals surface area contributed by atoms with Crippen LogP contribution in [0.1, 0.15) is 6.42 Å². The lowest BCUT2D eigenvalue weighted by molar-refractivity contribution is -0.0629. The number of aliphatic hydroxyl groups is 2. The van der Waals surface area contributed by atoms with Crippen molar-refractivity contribution in [1.29, 1.82) is 0 Å². The second-order valence-electron chi connectivity index (χ2n) is 1.86. The Morgan fingerprint density at radius 2 is 2.11 bits per heavy atom. The van der Waals surface area contributed by atoms with Crippen molar-refractivity contribution in [2.24, 2.45) is 5.73 Å². The molecule has 4 nitrogen and oxygen atoms in total. The summed E-state index contributed by atoms with van der Waals surface area (Å²) in [6, 6.07) is -0.593. The maximum Gasteiger partial charge on any atom is 0.166 e. The van der Waals surface area contributed by atoms with Gasteiger partial charge in [-0.05, 0) is 6.42 Å². The standard InChI is InChI=1S/C5H13NO3/c1-9-3-2-4(6)5(7)8/h4-5,7-8H,2-3,6H2,1H3/t4-/m0/s1. The van der Waals surface area contributed by atoms with Crippen LogP contribution in [0.5, 0.6) is 0 Å². The molecule has 0 unspecified atom stereocenters. The molecule has 1 atom stereocenters. The Morgan fingerprint density at radius 3 is 2.44 bits per heavy atom. The molecular weight excluding hydrogens is 122 g/mol. The van der Waals surface area contributed by atoms with Gasteiger partial charge in [0.05, 0.1) is 6.04 Å². The third-order valence-corrected chi connectivity index (χ3v) is 1.04. The van der Waals surface area contributed by atoms with Gasteiger partial charge in [-0.2, -0.15) is 0 Å². The topological polar surface area (TPSA) is 75.7 Å². The number of hydrogen-bond donors (Lipinski definition) is 3. The average Bonchev–Trinajstić information content (AvgIpc) is 1.82. The number of aliphatic hydroxyl groups excluding tert-OH is 1. The van der Waals surface area contributed by atoms with E-state index in [4.69, 9.17) is 15.9 Å². The summed E-state index contributed by atoms with van der Waals surface area (Å²) in [5.74, 6) is 0. The fourth-order valence-electron chi connectivity index (χ4n) is 0.403. The van der Waals surface area contributed by atoms with Crippen LogP contribution < -0.4 is 5.73 Å². The zero-order valence-electron chi connectivity index (χ0n) is 5.45. The lowest BCUT2D eigenvalue weighted by atomic mass is 10.2. The van der Waals surface area contributed by atoms with E-state index in [1.54, 1.807) is 0 Å². The molecule has 4 heteroatoms. The predicted octanol–water partition coefficient (Wildman–Crippen LogP) is -1.34. The van der Waals surface area contributed by atoms with Gasteiger partial charge >= 0.3 is 0 Å². The monoisotopic (exact) mass is 135 g/mol. The zero-order valence-corrected chi connectivity index (χ0v) is 5.45. The Morgan fingerprint density at radius 1 is 1.56 bits per heavy atom. The first kappa shape index (κ1) is 8.84. The van der Waals surface area contributed by atoms with Crippen LogP contribution in [-0.4, -0.2) is 36.3 Å². The molecule has 9 heavy (non-hydrogen) atoms. The van der Waals surface area contributed by atoms with Gasteiger partial charge in [0.15, 0.2) is 6.29 Å². The summed E-state index contributed by atoms with van der Waals surface area (Å²) in [7, 11) is 1.54. The Bertz CT molecular complexity index is 67.2. The average molecular weight is 135 g/mol. The molecule has 0 fully saturated rings. The van der Waals surface area contributed by atoms with Crippen molar-refractivity contribution < 1.29 is 14.9 Å². The lowest BCUT2D eigenvalue weighted by Gasteiger charge is -2.11. The maximum absolute atomic E-state index is 8.42. The van der Waals surface area contributed by atoms with E-state index in [0.29, 0.717) is 13.0 Å². The van der Waals surface area contributed by atoms with Crippen LogP contribution in [0.3, 0.4) is 0 Å². The van der Waals surface area contributed by atoms with Gasteiger partial charge in [0, 0.05) is 13.7 Å². The Kier molecular flexibility index (Phi) is 4.61. The molecule has 0 saturated carbocycles. The molecule has 0 saturated heterocycles. The van der Waals surface area contributed by atoms with Gasteiger partial charge in [-0.3, -0.25) is 0 Å². The summed E-state index contributed by atoms with van der Waals surface area (Å²) in [5, 5.41) is 16.8. The fraction of sp³-hybridized carbons (Fsp3) is 1.00. The van der Waals surface area contributed by atoms with E-state index in [-0.39, 0.29) is 0 Å². The number of nitrogens with two attached hydrogens (primary N) is 1. The van der Waals surface area contributed by atoms with E-state index in [1.165, 1.54) is 7.11 Å². The van der Waals surface area contributed by atoms with Crippen molar-refractivity contribution in [1.82, 2.24) is 0 Å². The van der Waals surface area contributed by atoms with Gasteiger partial charge in [0.2, 0.25) is 0 Å². The van der Waals surface area contributed by atoms with E-state index in [9.17, 15) is 0 Å². The molecule has 0 aromatic carbocycles. The molecule has 0 radical (unpaired) electrons. The summed E-state index contributed by atoms with van der Waals surface area (Å²) >= 11 is 0. The third-order valence-electron chi connectivity index (χ3n) is 1.04. The van der Waals surface area contributed by atoms with Crippen molar-refractivity contribution in [3.05, 3.63) is 0 Å². The number of rotatable bonds is 4. The molecule has 4 N–H and O–H groups in total. The van der Waals surface area contributed by atoms with Gasteiger partial charge in [-0.1, -0.05) is 0 Å². The fourth-order valence-corrected chi connectivity index (χ4v) is 0.403. The first-order valence-electron chi connectivity index (χ1n) is 2.79. The molecule has 0 heterocycles. The molecule has 0 aliphatic rings. The van der Waals surface area contributed by atoms with Crippen LogP contribution in [0.25, 0.3) is 0 Å². The quantitative estimate of drug-likeness (QED) is 0.417. The first-order chi connectivity index (χ1) is 4.18. The van der Waals surface area contributed by atoms with Crippen LogP contribution in [0.15, 0.2) is 0 Å². The predicted molar refractivity (Wildman–Crippen MR) is 32.7 cm³/mol. The summed E-state index contributed by atoms with van der Waals surface area (Å²) < 4.78 is 4.66. The van der Waals surface area contributed by atoms with Gasteiger partial charge in [-0.15, -0.1) is 0 Å². The minimum Gasteiger partial charge on any atom is -0.385 e. The molecular formula is C5H13NO3. The van der Waals surface area contributed by atoms with Crippen LogP contribution in [0.2, 0.25) is 0 Å². The summed E-state index contributed by atoms with van der Waals surface area (Å²) in [6.07, 6.45) is -0.964. The van der Waals surface area contributed by atoms with E-state index < -0.39 is 12.3 Å². The SMILES string of the molecule is COCC[C@H](N)C(O)O. The smallest absolute Gasteiger partial charge is 0.166 e. The molecule has 0 aliphatic carbocycles. The normalized spacial score (nSPS) is 14.3. The molecule has 0 spiro atoms. The second-order valence-corrected chi connectivity index (χ2v) is 1.86. The largest absolute Gasteiger partial charge is 0.385 e. The maximum atomic E-state index is 8.42. The third kappa shape index (κ3) is 4.35. The highest BCUT2D eigenvalue weighted by Crippen LogP contribution is 1.91. The highest BCUT2D eigenvalue weighted by molar-refractivity contribution is 4.60. The molecule has 0 aliphatic heterocycles. The number of ether oxygens (including phenoxy) is 1. The highest BCUT2D eigenvalue weighted by atomic mass is 16.5. The lowest BCUT2D eigenvalue weighted by Crippen LogP contribution is -2.35. The summed E-state index contributed by atoms with van der Waals surface area (Å²) in [6.45, 7) is 0.457. The molecule has 0 aromatic heterocycles. The Hall–Kier alpha value is -0.160. The van der Waals surface area contributed by atoms with Crippen molar-refractivity contribution in [2.45, 2.75) is 18.8 Å². The minimum absolute atomic E-state index is 0.457. The molecule has 0 amide bonds. The second kappa shape index (κ2) is 4.69. The summed E-state index contributed by atoms with van der Waals surface area (Å²) in [5.41, 5.74) is 5.22. The molecule has 56 valence electrons. The van der Waals surface area contributed by atoms with Gasteiger partial charge in [0.1, 0.15) is 0 Å². The van der Waals surface area contributed by atoms with Crippen molar-refractivity contribution >= 4 is 0 Å². The van der Waals surface area contributed by atoms with Crippen molar-refractivity contribution in [3.8, 4) is 0 Å². The van der Waals surface area contributed by atoms with Crippen LogP contribution in [0.4, 0.5) is 0 Å². The van der Waals surface area contributed by atoms with Gasteiger partial charge in [-0.25, -0.2) is 0 Å². The Labute approximate surface area is 54.2 Å². The molecule has 0 rings (SSSR count). The molecule has 0 bridgehead atoms. The van der Waals surface area contributed by atoms with E-state index in [1.807, 2.05) is 0 Å². The number of methoxy groups -OCH3 is 1. The zero-order chi connectivity index (χ0) is 7.28. The summed E-state index contributed by atoms with van der Waals surface area (Å²) in [4.78, 5) is 0. The van der Waals surface area contributed by atoms with Crippen molar-refractivity contribution in [3.63, 3.8) is 0 Å². The van der Waals surface area contributed by atoms with E-state index in [2.05, 4.69) is 4.74 Å². The van der Waals surface area contributed by atoms with E-state index in [0.717, 1.165) is 0 Å². The highest BCUT2D eigenvalue weighted by Gasteiger charge is 2.08. The van der Waals surface area contributed by atoms with Crippen LogP contribution >= 0.6 is 0 Å².